The molecule has 0 saturated carbocycles. The molecule has 1 heterocycles. The largest absolute Gasteiger partial charge is 0.464 e. The van der Waals surface area contributed by atoms with Crippen molar-refractivity contribution in [2.24, 2.45) is 0 Å². The Bertz CT molecular complexity index is 598. The van der Waals surface area contributed by atoms with Crippen LogP contribution in [0.4, 0.5) is 5.69 Å². The summed E-state index contributed by atoms with van der Waals surface area (Å²) in [6.45, 7) is 3.91. The van der Waals surface area contributed by atoms with Crippen LogP contribution in [0.3, 0.4) is 0 Å². The van der Waals surface area contributed by atoms with Crippen LogP contribution in [0, 0.1) is 18.3 Å². The number of rotatable bonds is 3. The van der Waals surface area contributed by atoms with E-state index in [0.717, 1.165) is 21.7 Å². The summed E-state index contributed by atoms with van der Waals surface area (Å²) in [7, 11) is 0. The van der Waals surface area contributed by atoms with Crippen molar-refractivity contribution >= 4 is 21.6 Å². The second-order valence-electron chi connectivity index (χ2n) is 4.12. The lowest BCUT2D eigenvalue weighted by Crippen LogP contribution is -2.06. The Kier molecular flexibility index (Phi) is 3.73. The van der Waals surface area contributed by atoms with Crippen molar-refractivity contribution in [3.63, 3.8) is 0 Å². The Hall–Kier alpha value is -1.73. The Morgan fingerprint density at radius 1 is 1.33 bits per heavy atom. The molecule has 18 heavy (non-hydrogen) atoms. The molecule has 92 valence electrons. The molecule has 0 bridgehead atoms. The minimum atomic E-state index is 0.0203. The molecule has 1 N–H and O–H groups in total. The maximum absolute atomic E-state index is 9.10. The average Bonchev–Trinajstić information content (AvgIpc) is 2.78. The van der Waals surface area contributed by atoms with Crippen molar-refractivity contribution in [1.29, 1.82) is 5.26 Å². The highest BCUT2D eigenvalue weighted by molar-refractivity contribution is 9.10. The smallest absolute Gasteiger partial charge is 0.126 e. The number of nitrogens with zero attached hydrogens (tertiary/aromatic N) is 1. The lowest BCUT2D eigenvalue weighted by atomic mass is 10.1. The molecule has 0 aliphatic carbocycles. The van der Waals surface area contributed by atoms with Gasteiger partial charge in [0.05, 0.1) is 17.3 Å². The Morgan fingerprint density at radius 2 is 2.11 bits per heavy atom. The van der Waals surface area contributed by atoms with E-state index in [2.05, 4.69) is 27.3 Å². The lowest BCUT2D eigenvalue weighted by Gasteiger charge is -2.14. The van der Waals surface area contributed by atoms with Crippen LogP contribution in [-0.2, 0) is 0 Å². The van der Waals surface area contributed by atoms with Gasteiger partial charge in [0.1, 0.15) is 17.6 Å². The van der Waals surface area contributed by atoms with E-state index in [1.165, 1.54) is 0 Å². The van der Waals surface area contributed by atoms with E-state index in [0.29, 0.717) is 5.56 Å². The first-order valence-corrected chi connectivity index (χ1v) is 6.42. The van der Waals surface area contributed by atoms with Gasteiger partial charge in [-0.05, 0) is 44.2 Å². The number of nitriles is 1. The molecule has 1 aromatic carbocycles. The summed E-state index contributed by atoms with van der Waals surface area (Å²) in [5, 5.41) is 12.4. The molecular weight excluding hydrogens is 292 g/mol. The van der Waals surface area contributed by atoms with Crippen molar-refractivity contribution in [2.45, 2.75) is 19.9 Å². The van der Waals surface area contributed by atoms with Crippen LogP contribution in [0.25, 0.3) is 0 Å². The lowest BCUT2D eigenvalue weighted by molar-refractivity contribution is 0.467. The summed E-state index contributed by atoms with van der Waals surface area (Å²) in [6, 6.07) is 11.7. The summed E-state index contributed by atoms with van der Waals surface area (Å²) in [6.07, 6.45) is 0. The summed E-state index contributed by atoms with van der Waals surface area (Å²) in [4.78, 5) is 0. The topological polar surface area (TPSA) is 49.0 Å². The molecule has 2 rings (SSSR count). The molecule has 0 spiro atoms. The van der Waals surface area contributed by atoms with Crippen LogP contribution in [0.5, 0.6) is 0 Å². The first kappa shape index (κ1) is 12.7. The Balaban J connectivity index is 2.22. The molecule has 0 aliphatic rings. The molecule has 1 atom stereocenters. The first-order chi connectivity index (χ1) is 8.60. The van der Waals surface area contributed by atoms with Crippen molar-refractivity contribution in [1.82, 2.24) is 0 Å². The maximum atomic E-state index is 9.10. The van der Waals surface area contributed by atoms with Gasteiger partial charge in [0, 0.05) is 4.47 Å². The quantitative estimate of drug-likeness (QED) is 0.914. The Morgan fingerprint density at radius 3 is 2.72 bits per heavy atom. The van der Waals surface area contributed by atoms with Gasteiger partial charge in [-0.3, -0.25) is 0 Å². The van der Waals surface area contributed by atoms with Crippen LogP contribution in [0.15, 0.2) is 39.2 Å². The minimum absolute atomic E-state index is 0.0203. The van der Waals surface area contributed by atoms with Crippen molar-refractivity contribution < 1.29 is 4.42 Å². The van der Waals surface area contributed by atoms with Gasteiger partial charge in [-0.15, -0.1) is 0 Å². The second-order valence-corrected chi connectivity index (χ2v) is 5.03. The minimum Gasteiger partial charge on any atom is -0.464 e. The number of hydrogen-bond donors (Lipinski definition) is 1. The fraction of sp³-hybridized carbons (Fsp3) is 0.214. The number of benzene rings is 1. The third-order valence-corrected chi connectivity index (χ3v) is 3.16. The van der Waals surface area contributed by atoms with Gasteiger partial charge < -0.3 is 9.73 Å². The zero-order chi connectivity index (χ0) is 13.1. The van der Waals surface area contributed by atoms with Crippen LogP contribution in [-0.4, -0.2) is 0 Å². The van der Waals surface area contributed by atoms with Crippen LogP contribution in [0.2, 0.25) is 0 Å². The fourth-order valence-electron chi connectivity index (χ4n) is 1.73. The summed E-state index contributed by atoms with van der Waals surface area (Å²) in [5.74, 6) is 1.74. The van der Waals surface area contributed by atoms with E-state index in [4.69, 9.17) is 9.68 Å². The third kappa shape index (κ3) is 2.74. The summed E-state index contributed by atoms with van der Waals surface area (Å²) in [5.41, 5.74) is 1.42. The van der Waals surface area contributed by atoms with Crippen molar-refractivity contribution in [3.8, 4) is 6.07 Å². The highest BCUT2D eigenvalue weighted by atomic mass is 79.9. The third-order valence-electron chi connectivity index (χ3n) is 2.66. The zero-order valence-electron chi connectivity index (χ0n) is 10.2. The summed E-state index contributed by atoms with van der Waals surface area (Å²) >= 11 is 3.35. The van der Waals surface area contributed by atoms with E-state index in [9.17, 15) is 0 Å². The van der Waals surface area contributed by atoms with E-state index < -0.39 is 0 Å². The molecule has 3 nitrogen and oxygen atoms in total. The second kappa shape index (κ2) is 5.28. The van der Waals surface area contributed by atoms with Gasteiger partial charge in [0.25, 0.3) is 0 Å². The standard InChI is InChI=1S/C14H13BrN2O/c1-9-3-6-14(18-9)10(2)17-13-5-4-12(15)7-11(13)8-16/h3-7,10,17H,1-2H3. The van der Waals surface area contributed by atoms with Gasteiger partial charge in [0.15, 0.2) is 0 Å². The molecule has 0 fully saturated rings. The highest BCUT2D eigenvalue weighted by Gasteiger charge is 2.11. The van der Waals surface area contributed by atoms with E-state index in [-0.39, 0.29) is 6.04 Å². The molecule has 0 saturated heterocycles. The molecule has 1 aromatic heterocycles. The molecule has 1 unspecified atom stereocenters. The van der Waals surface area contributed by atoms with E-state index in [1.54, 1.807) is 6.07 Å². The first-order valence-electron chi connectivity index (χ1n) is 5.62. The molecule has 0 amide bonds. The fourth-order valence-corrected chi connectivity index (χ4v) is 2.09. The van der Waals surface area contributed by atoms with Gasteiger partial charge >= 0.3 is 0 Å². The van der Waals surface area contributed by atoms with Crippen LogP contribution in [0.1, 0.15) is 30.0 Å². The summed E-state index contributed by atoms with van der Waals surface area (Å²) < 4.78 is 6.45. The molecule has 2 aromatic rings. The number of aryl methyl sites for hydroxylation is 1. The number of furan rings is 1. The van der Waals surface area contributed by atoms with Gasteiger partial charge in [-0.25, -0.2) is 0 Å². The SMILES string of the molecule is Cc1ccc(C(C)Nc2ccc(Br)cc2C#N)o1. The van der Waals surface area contributed by atoms with Crippen molar-refractivity contribution in [2.75, 3.05) is 5.32 Å². The maximum Gasteiger partial charge on any atom is 0.126 e. The zero-order valence-corrected chi connectivity index (χ0v) is 11.8. The highest BCUT2D eigenvalue weighted by Crippen LogP contribution is 2.25. The van der Waals surface area contributed by atoms with Crippen LogP contribution < -0.4 is 5.32 Å². The number of nitrogens with one attached hydrogen (secondary N) is 1. The van der Waals surface area contributed by atoms with Gasteiger partial charge in [-0.1, -0.05) is 15.9 Å². The monoisotopic (exact) mass is 304 g/mol. The number of anilines is 1. The predicted octanol–water partition coefficient (Wildman–Crippen LogP) is 4.40. The van der Waals surface area contributed by atoms with Gasteiger partial charge in [0.2, 0.25) is 0 Å². The number of halogens is 1. The van der Waals surface area contributed by atoms with Crippen LogP contribution >= 0.6 is 15.9 Å². The normalized spacial score (nSPS) is 11.9. The van der Waals surface area contributed by atoms with E-state index in [1.807, 2.05) is 38.1 Å². The van der Waals surface area contributed by atoms with E-state index >= 15 is 0 Å². The predicted molar refractivity (Wildman–Crippen MR) is 74.3 cm³/mol. The molecule has 0 aliphatic heterocycles. The Labute approximate surface area is 115 Å². The molecule has 0 radical (unpaired) electrons. The van der Waals surface area contributed by atoms with Gasteiger partial charge in [-0.2, -0.15) is 5.26 Å². The molecule has 4 heteroatoms. The number of hydrogen-bond acceptors (Lipinski definition) is 3. The average molecular weight is 305 g/mol. The van der Waals surface area contributed by atoms with Crippen molar-refractivity contribution in [3.05, 3.63) is 51.9 Å². The molecular formula is C14H13BrN2O.